The molecule has 0 aliphatic heterocycles. The van der Waals surface area contributed by atoms with E-state index < -0.39 is 0 Å². The molecule has 0 radical (unpaired) electrons. The van der Waals surface area contributed by atoms with Crippen molar-refractivity contribution >= 4 is 0 Å². The number of aliphatic hydroxyl groups excluding tert-OH is 3. The Bertz CT molecular complexity index is 653. The summed E-state index contributed by atoms with van der Waals surface area (Å²) in [6.07, 6.45) is 15.6. The SMILES string of the molecule is C=C1C(CCC2CCC[C@@]3(C)C2CCC3[C@H](C)CC[C@H](O)C2([C@@H](C)O)CC2)CCC[C@@H]1O. The molecule has 4 unspecified atom stereocenters. The Morgan fingerprint density at radius 3 is 2.38 bits per heavy atom. The van der Waals surface area contributed by atoms with Crippen molar-refractivity contribution in [3.05, 3.63) is 12.2 Å². The molecule has 32 heavy (non-hydrogen) atoms. The van der Waals surface area contributed by atoms with Gasteiger partial charge in [0.05, 0.1) is 18.3 Å². The fourth-order valence-corrected chi connectivity index (χ4v) is 8.69. The van der Waals surface area contributed by atoms with Gasteiger partial charge in [0, 0.05) is 5.41 Å². The van der Waals surface area contributed by atoms with E-state index >= 15 is 0 Å². The first-order valence-corrected chi connectivity index (χ1v) is 13.9. The highest BCUT2D eigenvalue weighted by Gasteiger charge is 2.54. The van der Waals surface area contributed by atoms with Gasteiger partial charge in [0.1, 0.15) is 0 Å². The predicted octanol–water partition coefficient (Wildman–Crippen LogP) is 6.25. The molecular weight excluding hydrogens is 396 g/mol. The van der Waals surface area contributed by atoms with Crippen LogP contribution in [-0.4, -0.2) is 33.6 Å². The maximum Gasteiger partial charge on any atom is 0.0750 e. The minimum absolute atomic E-state index is 0.200. The molecule has 4 rings (SSSR count). The van der Waals surface area contributed by atoms with E-state index in [0.717, 1.165) is 61.9 Å². The van der Waals surface area contributed by atoms with Crippen LogP contribution in [0, 0.1) is 40.4 Å². The molecule has 0 saturated heterocycles. The van der Waals surface area contributed by atoms with Crippen LogP contribution in [0.2, 0.25) is 0 Å². The first-order valence-electron chi connectivity index (χ1n) is 13.9. The number of fused-ring (bicyclic) bond motifs is 1. The molecule has 0 bridgehead atoms. The van der Waals surface area contributed by atoms with Gasteiger partial charge in [-0.15, -0.1) is 0 Å². The van der Waals surface area contributed by atoms with Crippen LogP contribution in [0.15, 0.2) is 12.2 Å². The Kier molecular flexibility index (Phi) is 7.50. The van der Waals surface area contributed by atoms with Gasteiger partial charge >= 0.3 is 0 Å². The van der Waals surface area contributed by atoms with E-state index in [1.165, 1.54) is 51.4 Å². The number of aliphatic hydroxyl groups is 3. The molecule has 4 aliphatic carbocycles. The van der Waals surface area contributed by atoms with Crippen LogP contribution in [-0.2, 0) is 0 Å². The van der Waals surface area contributed by atoms with Gasteiger partial charge in [0.2, 0.25) is 0 Å². The van der Waals surface area contributed by atoms with Crippen LogP contribution in [0.4, 0.5) is 0 Å². The van der Waals surface area contributed by atoms with Crippen LogP contribution in [0.25, 0.3) is 0 Å². The molecule has 0 aromatic heterocycles. The molecule has 9 atom stereocenters. The normalized spacial score (nSPS) is 41.7. The molecule has 0 spiro atoms. The average molecular weight is 447 g/mol. The zero-order valence-corrected chi connectivity index (χ0v) is 21.1. The molecular formula is C29H50O3. The highest BCUT2D eigenvalue weighted by atomic mass is 16.3. The summed E-state index contributed by atoms with van der Waals surface area (Å²) in [4.78, 5) is 0. The van der Waals surface area contributed by atoms with Crippen molar-refractivity contribution in [2.75, 3.05) is 0 Å². The van der Waals surface area contributed by atoms with E-state index in [1.807, 2.05) is 6.92 Å². The van der Waals surface area contributed by atoms with Crippen molar-refractivity contribution in [1.82, 2.24) is 0 Å². The Balaban J connectivity index is 1.32. The minimum Gasteiger partial charge on any atom is -0.393 e. The first kappa shape index (κ1) is 24.7. The van der Waals surface area contributed by atoms with Crippen LogP contribution >= 0.6 is 0 Å². The lowest BCUT2D eigenvalue weighted by atomic mass is 9.58. The summed E-state index contributed by atoms with van der Waals surface area (Å²) in [5.74, 6) is 3.65. The molecule has 4 saturated carbocycles. The predicted molar refractivity (Wildman–Crippen MR) is 131 cm³/mol. The topological polar surface area (TPSA) is 60.7 Å². The van der Waals surface area contributed by atoms with E-state index in [0.29, 0.717) is 17.3 Å². The van der Waals surface area contributed by atoms with E-state index in [-0.39, 0.29) is 23.7 Å². The summed E-state index contributed by atoms with van der Waals surface area (Å²) in [5.41, 5.74) is 1.36. The van der Waals surface area contributed by atoms with Gasteiger partial charge in [0.25, 0.3) is 0 Å². The Labute approximate surface area is 197 Å². The van der Waals surface area contributed by atoms with Gasteiger partial charge in [0.15, 0.2) is 0 Å². The molecule has 0 heterocycles. The summed E-state index contributed by atoms with van der Waals surface area (Å²) in [7, 11) is 0. The zero-order chi connectivity index (χ0) is 23.1. The molecule has 3 nitrogen and oxygen atoms in total. The third-order valence-corrected chi connectivity index (χ3v) is 11.1. The summed E-state index contributed by atoms with van der Waals surface area (Å²) in [5, 5.41) is 31.1. The van der Waals surface area contributed by atoms with Crippen LogP contribution < -0.4 is 0 Å². The molecule has 3 N–H and O–H groups in total. The maximum atomic E-state index is 10.8. The van der Waals surface area contributed by atoms with E-state index in [4.69, 9.17) is 0 Å². The third kappa shape index (κ3) is 4.60. The van der Waals surface area contributed by atoms with Gasteiger partial charge in [-0.1, -0.05) is 33.3 Å². The Morgan fingerprint density at radius 1 is 0.938 bits per heavy atom. The van der Waals surface area contributed by atoms with Crippen molar-refractivity contribution in [2.45, 2.75) is 129 Å². The molecule has 4 aliphatic rings. The standard InChI is InChI=1S/C29H50O3/c1-19(10-15-27(32)29(17-18-29)21(3)30)24-13-14-25-23(8-6-16-28(24,25)4)12-11-22-7-5-9-26(31)20(22)2/h19,21-27,30-32H,2,5-18H2,1,3-4H3/t19-,21-,22?,23?,24?,25?,26+,27+,28-/m1/s1. The van der Waals surface area contributed by atoms with Crippen LogP contribution in [0.3, 0.4) is 0 Å². The third-order valence-electron chi connectivity index (χ3n) is 11.1. The molecule has 4 fully saturated rings. The number of rotatable bonds is 9. The van der Waals surface area contributed by atoms with Crippen molar-refractivity contribution in [3.63, 3.8) is 0 Å². The van der Waals surface area contributed by atoms with Crippen LogP contribution in [0.5, 0.6) is 0 Å². The first-order chi connectivity index (χ1) is 15.2. The molecule has 0 aromatic carbocycles. The summed E-state index contributed by atoms with van der Waals surface area (Å²) < 4.78 is 0. The Morgan fingerprint density at radius 2 is 1.69 bits per heavy atom. The quantitative estimate of drug-likeness (QED) is 0.367. The van der Waals surface area contributed by atoms with Gasteiger partial charge in [-0.3, -0.25) is 0 Å². The van der Waals surface area contributed by atoms with Crippen molar-refractivity contribution in [1.29, 1.82) is 0 Å². The second-order valence-corrected chi connectivity index (χ2v) is 12.7. The molecule has 0 amide bonds. The largest absolute Gasteiger partial charge is 0.393 e. The van der Waals surface area contributed by atoms with Crippen molar-refractivity contribution in [3.8, 4) is 0 Å². The molecule has 184 valence electrons. The average Bonchev–Trinajstić information content (AvgIpc) is 3.50. The summed E-state index contributed by atoms with van der Waals surface area (Å²) in [6, 6.07) is 0. The fourth-order valence-electron chi connectivity index (χ4n) is 8.69. The monoisotopic (exact) mass is 446 g/mol. The molecule has 3 heteroatoms. The zero-order valence-electron chi connectivity index (χ0n) is 21.1. The smallest absolute Gasteiger partial charge is 0.0750 e. The minimum atomic E-state index is -0.387. The lowest BCUT2D eigenvalue weighted by Crippen LogP contribution is -2.39. The lowest BCUT2D eigenvalue weighted by molar-refractivity contribution is -0.0109. The second-order valence-electron chi connectivity index (χ2n) is 12.7. The van der Waals surface area contributed by atoms with Gasteiger partial charge in [-0.05, 0) is 125 Å². The van der Waals surface area contributed by atoms with E-state index in [2.05, 4.69) is 20.4 Å². The van der Waals surface area contributed by atoms with Crippen LogP contribution in [0.1, 0.15) is 111 Å². The lowest BCUT2D eigenvalue weighted by Gasteiger charge is -2.47. The summed E-state index contributed by atoms with van der Waals surface area (Å²) >= 11 is 0. The van der Waals surface area contributed by atoms with E-state index in [1.54, 1.807) is 0 Å². The second kappa shape index (κ2) is 9.70. The summed E-state index contributed by atoms with van der Waals surface area (Å²) in [6.45, 7) is 11.1. The highest BCUT2D eigenvalue weighted by Crippen LogP contribution is 2.61. The van der Waals surface area contributed by atoms with Gasteiger partial charge < -0.3 is 15.3 Å². The fraction of sp³-hybridized carbons (Fsp3) is 0.931. The van der Waals surface area contributed by atoms with Crippen molar-refractivity contribution in [2.24, 2.45) is 40.4 Å². The van der Waals surface area contributed by atoms with Crippen molar-refractivity contribution < 1.29 is 15.3 Å². The molecule has 0 aromatic rings. The highest BCUT2D eigenvalue weighted by molar-refractivity contribution is 5.10. The van der Waals surface area contributed by atoms with E-state index in [9.17, 15) is 15.3 Å². The number of hydrogen-bond donors (Lipinski definition) is 3. The number of hydrogen-bond acceptors (Lipinski definition) is 3. The van der Waals surface area contributed by atoms with Gasteiger partial charge in [-0.25, -0.2) is 0 Å². The maximum absolute atomic E-state index is 10.8. The Hall–Kier alpha value is -0.380. The van der Waals surface area contributed by atoms with Gasteiger partial charge in [-0.2, -0.15) is 0 Å².